The van der Waals surface area contributed by atoms with E-state index in [1.165, 1.54) is 7.11 Å². The third-order valence-electron chi connectivity index (χ3n) is 5.74. The van der Waals surface area contributed by atoms with Crippen LogP contribution in [0.25, 0.3) is 22.4 Å². The molecule has 0 bridgehead atoms. The van der Waals surface area contributed by atoms with Crippen LogP contribution in [-0.2, 0) is 4.74 Å². The zero-order valence-electron chi connectivity index (χ0n) is 19.6. The topological polar surface area (TPSA) is 122 Å². The molecular formula is C24H27N7O3. The minimum atomic E-state index is -0.601. The summed E-state index contributed by atoms with van der Waals surface area (Å²) in [6.45, 7) is 7.65. The molecule has 1 fully saturated rings. The highest BCUT2D eigenvalue weighted by Gasteiger charge is 2.32. The van der Waals surface area contributed by atoms with Crippen molar-refractivity contribution in [3.8, 4) is 22.4 Å². The number of hydrogen-bond donors (Lipinski definition) is 2. The minimum absolute atomic E-state index is 0.128. The van der Waals surface area contributed by atoms with Gasteiger partial charge in [0.15, 0.2) is 0 Å². The number of rotatable bonds is 4. The van der Waals surface area contributed by atoms with E-state index < -0.39 is 6.09 Å². The highest BCUT2D eigenvalue weighted by atomic mass is 16.5. The molecule has 34 heavy (non-hydrogen) atoms. The van der Waals surface area contributed by atoms with E-state index in [0.29, 0.717) is 17.2 Å². The third-order valence-corrected chi connectivity index (χ3v) is 5.74. The van der Waals surface area contributed by atoms with Gasteiger partial charge in [-0.2, -0.15) is 10.2 Å². The molecule has 1 aliphatic rings. The molecule has 0 atom stereocenters. The first kappa shape index (κ1) is 23.1. The van der Waals surface area contributed by atoms with Gasteiger partial charge in [-0.3, -0.25) is 10.3 Å². The maximum absolute atomic E-state index is 12.7. The molecule has 176 valence electrons. The van der Waals surface area contributed by atoms with Gasteiger partial charge in [0.05, 0.1) is 30.9 Å². The fraction of sp³-hybridized carbons (Fsp3) is 0.333. The minimum Gasteiger partial charge on any atom is -0.453 e. The lowest BCUT2D eigenvalue weighted by molar-refractivity contribution is 0.187. The summed E-state index contributed by atoms with van der Waals surface area (Å²) in [5.74, 6) is 0.357. The summed E-state index contributed by atoms with van der Waals surface area (Å²) < 4.78 is 4.62. The highest BCUT2D eigenvalue weighted by Crippen LogP contribution is 2.30. The van der Waals surface area contributed by atoms with Crippen LogP contribution in [-0.4, -0.2) is 57.4 Å². The van der Waals surface area contributed by atoms with Crippen LogP contribution in [0.15, 0.2) is 42.9 Å². The number of urea groups is 1. The number of anilines is 2. The number of hydrogen-bond acceptors (Lipinski definition) is 7. The Bertz CT molecular complexity index is 1230. The van der Waals surface area contributed by atoms with E-state index in [9.17, 15) is 9.59 Å². The Kier molecular flexibility index (Phi) is 6.40. The molecule has 3 aromatic heterocycles. The summed E-state index contributed by atoms with van der Waals surface area (Å²) in [6, 6.07) is 7.12. The van der Waals surface area contributed by atoms with Crippen LogP contribution < -0.4 is 10.6 Å². The second kappa shape index (κ2) is 9.42. The van der Waals surface area contributed by atoms with Crippen LogP contribution in [0.4, 0.5) is 21.1 Å². The summed E-state index contributed by atoms with van der Waals surface area (Å²) >= 11 is 0. The second-order valence-electron chi connectivity index (χ2n) is 9.00. The summed E-state index contributed by atoms with van der Waals surface area (Å²) in [7, 11) is 1.29. The fourth-order valence-corrected chi connectivity index (χ4v) is 3.84. The number of ether oxygens (including phenoxy) is 1. The first-order chi connectivity index (χ1) is 16.2. The molecule has 3 amide bonds. The normalized spacial score (nSPS) is 14.5. The maximum Gasteiger partial charge on any atom is 0.412 e. The summed E-state index contributed by atoms with van der Waals surface area (Å²) in [5, 5.41) is 13.9. The molecule has 0 aromatic carbocycles. The van der Waals surface area contributed by atoms with Crippen LogP contribution in [0.3, 0.4) is 0 Å². The van der Waals surface area contributed by atoms with Gasteiger partial charge in [0.2, 0.25) is 0 Å². The Hall–Kier alpha value is -4.08. The van der Waals surface area contributed by atoms with Crippen LogP contribution in [0, 0.1) is 12.3 Å². The van der Waals surface area contributed by atoms with E-state index in [1.54, 1.807) is 24.7 Å². The van der Waals surface area contributed by atoms with Crippen molar-refractivity contribution in [2.75, 3.05) is 30.8 Å². The number of aromatic nitrogens is 4. The first-order valence-electron chi connectivity index (χ1n) is 10.9. The zero-order valence-corrected chi connectivity index (χ0v) is 19.6. The van der Waals surface area contributed by atoms with Gasteiger partial charge < -0.3 is 15.0 Å². The monoisotopic (exact) mass is 461 g/mol. The highest BCUT2D eigenvalue weighted by molar-refractivity contribution is 5.90. The van der Waals surface area contributed by atoms with Crippen LogP contribution in [0.2, 0.25) is 0 Å². The number of nitrogens with one attached hydrogen (secondary N) is 2. The lowest BCUT2D eigenvalue weighted by Gasteiger charge is -2.20. The van der Waals surface area contributed by atoms with Crippen molar-refractivity contribution < 1.29 is 14.3 Å². The molecule has 0 unspecified atom stereocenters. The Morgan fingerprint density at radius 1 is 1.09 bits per heavy atom. The molecule has 4 heterocycles. The number of aryl methyl sites for hydroxylation is 1. The van der Waals surface area contributed by atoms with Gasteiger partial charge in [-0.25, -0.2) is 14.6 Å². The fourth-order valence-electron chi connectivity index (χ4n) is 3.84. The number of amides is 3. The number of nitrogens with zero attached hydrogens (tertiary/aromatic N) is 5. The van der Waals surface area contributed by atoms with E-state index >= 15 is 0 Å². The van der Waals surface area contributed by atoms with E-state index in [-0.39, 0.29) is 11.4 Å². The quantitative estimate of drug-likeness (QED) is 0.592. The molecule has 2 N–H and O–H groups in total. The van der Waals surface area contributed by atoms with Gasteiger partial charge in [0.25, 0.3) is 0 Å². The van der Waals surface area contributed by atoms with Crippen molar-refractivity contribution in [2.24, 2.45) is 5.41 Å². The van der Waals surface area contributed by atoms with E-state index in [4.69, 9.17) is 0 Å². The molecule has 10 heteroatoms. The van der Waals surface area contributed by atoms with Gasteiger partial charge in [-0.15, -0.1) is 0 Å². The second-order valence-corrected chi connectivity index (χ2v) is 9.00. The molecule has 0 saturated carbocycles. The Morgan fingerprint density at radius 3 is 2.65 bits per heavy atom. The van der Waals surface area contributed by atoms with Crippen molar-refractivity contribution in [2.45, 2.75) is 27.2 Å². The first-order valence-corrected chi connectivity index (χ1v) is 10.9. The SMILES string of the molecule is COC(=O)Nc1cc(-c2cnnc(-c3cc(NC(=O)N4CCC(C)(C)C4)cnc3C)c2)ccn1. The molecule has 1 aliphatic heterocycles. The summed E-state index contributed by atoms with van der Waals surface area (Å²) in [5.41, 5.74) is 4.43. The number of methoxy groups -OCH3 is 1. The lowest BCUT2D eigenvalue weighted by atomic mass is 9.93. The number of carbonyl (C=O) groups excluding carboxylic acids is 2. The summed E-state index contributed by atoms with van der Waals surface area (Å²) in [4.78, 5) is 34.6. The largest absolute Gasteiger partial charge is 0.453 e. The Balaban J connectivity index is 1.57. The van der Waals surface area contributed by atoms with Gasteiger partial charge >= 0.3 is 12.1 Å². The van der Waals surface area contributed by atoms with Gasteiger partial charge in [0.1, 0.15) is 5.82 Å². The molecule has 10 nitrogen and oxygen atoms in total. The lowest BCUT2D eigenvalue weighted by Crippen LogP contribution is -2.34. The van der Waals surface area contributed by atoms with Gasteiger partial charge in [-0.05, 0) is 48.6 Å². The molecule has 0 aliphatic carbocycles. The molecular weight excluding hydrogens is 434 g/mol. The van der Waals surface area contributed by atoms with Gasteiger partial charge in [0, 0.05) is 36.1 Å². The predicted molar refractivity (Wildman–Crippen MR) is 128 cm³/mol. The molecule has 3 aromatic rings. The molecule has 0 spiro atoms. The molecule has 4 rings (SSSR count). The predicted octanol–water partition coefficient (Wildman–Crippen LogP) is 4.35. The van der Waals surface area contributed by atoms with E-state index in [1.807, 2.05) is 30.0 Å². The standard InChI is InChI=1S/C24H27N7O3/c1-15-19(11-18(13-26-15)28-22(32)31-8-6-24(2,3)14-31)20-9-17(12-27-30-20)16-5-7-25-21(10-16)29-23(33)34-4/h5,7,9-13H,6,8,14H2,1-4H3,(H,28,32)(H,25,29,33). The third kappa shape index (κ3) is 5.28. The molecule has 0 radical (unpaired) electrons. The van der Waals surface area contributed by atoms with Crippen LogP contribution in [0.1, 0.15) is 26.0 Å². The van der Waals surface area contributed by atoms with Crippen LogP contribution >= 0.6 is 0 Å². The van der Waals surface area contributed by atoms with Gasteiger partial charge in [-0.1, -0.05) is 13.8 Å². The van der Waals surface area contributed by atoms with E-state index in [2.05, 4.69) is 49.4 Å². The average Bonchev–Trinajstić information content (AvgIpc) is 3.20. The number of pyridine rings is 2. The van der Waals surface area contributed by atoms with Crippen LogP contribution in [0.5, 0.6) is 0 Å². The number of carbonyl (C=O) groups is 2. The zero-order chi connectivity index (χ0) is 24.3. The number of likely N-dealkylation sites (tertiary alicyclic amines) is 1. The summed E-state index contributed by atoms with van der Waals surface area (Å²) in [6.07, 6.45) is 5.24. The Morgan fingerprint density at radius 2 is 1.91 bits per heavy atom. The molecule has 1 saturated heterocycles. The van der Waals surface area contributed by atoms with Crippen molar-refractivity contribution in [1.29, 1.82) is 0 Å². The van der Waals surface area contributed by atoms with Crippen molar-refractivity contribution in [3.05, 3.63) is 48.5 Å². The van der Waals surface area contributed by atoms with Crippen molar-refractivity contribution >= 4 is 23.6 Å². The Labute approximate surface area is 197 Å². The maximum atomic E-state index is 12.7. The smallest absolute Gasteiger partial charge is 0.412 e. The van der Waals surface area contributed by atoms with Crippen molar-refractivity contribution in [1.82, 2.24) is 25.1 Å². The average molecular weight is 462 g/mol. The van der Waals surface area contributed by atoms with Crippen molar-refractivity contribution in [3.63, 3.8) is 0 Å². The van der Waals surface area contributed by atoms with E-state index in [0.717, 1.165) is 41.9 Å².